The van der Waals surface area contributed by atoms with Gasteiger partial charge in [0.25, 0.3) is 0 Å². The van der Waals surface area contributed by atoms with Gasteiger partial charge in [-0.05, 0) is 18.9 Å². The Balaban J connectivity index is 1.73. The predicted octanol–water partition coefficient (Wildman–Crippen LogP) is 1.07. The molecule has 1 aromatic rings. The van der Waals surface area contributed by atoms with E-state index in [0.29, 0.717) is 31.7 Å². The van der Waals surface area contributed by atoms with Crippen LogP contribution in [0.5, 0.6) is 0 Å². The van der Waals surface area contributed by atoms with Gasteiger partial charge in [-0.3, -0.25) is 9.69 Å². The number of ether oxygens (including phenoxy) is 2. The normalized spacial score (nSPS) is 30.1. The van der Waals surface area contributed by atoms with Crippen LogP contribution in [-0.4, -0.2) is 67.1 Å². The number of aliphatic hydroxyl groups excluding tert-OH is 1. The molecule has 0 aromatic heterocycles. The minimum atomic E-state index is -0.619. The number of hydrogen-bond acceptors (Lipinski definition) is 5. The Labute approximate surface area is 153 Å². The zero-order valence-corrected chi connectivity index (χ0v) is 15.1. The van der Waals surface area contributed by atoms with E-state index >= 15 is 0 Å². The lowest BCUT2D eigenvalue weighted by molar-refractivity contribution is -0.158. The summed E-state index contributed by atoms with van der Waals surface area (Å²) in [5.74, 6) is -0.287. The molecule has 2 aliphatic rings. The Hall–Kier alpha value is -1.54. The summed E-state index contributed by atoms with van der Waals surface area (Å²) in [6, 6.07) is 6.73. The summed E-state index contributed by atoms with van der Waals surface area (Å²) in [4.78, 5) is 13.7. The molecular weight excluding hydrogens is 339 g/mol. The van der Waals surface area contributed by atoms with Crippen LogP contribution in [-0.2, 0) is 20.8 Å². The number of hydrogen-bond donors (Lipinski definition) is 2. The highest BCUT2D eigenvalue weighted by Crippen LogP contribution is 2.29. The maximum atomic E-state index is 14.1. The molecule has 0 aliphatic carbocycles. The summed E-state index contributed by atoms with van der Waals surface area (Å²) in [7, 11) is 1.62. The highest BCUT2D eigenvalue weighted by atomic mass is 19.1. The predicted molar refractivity (Wildman–Crippen MR) is 94.0 cm³/mol. The number of benzene rings is 1. The number of fused-ring (bicyclic) bond motifs is 1. The highest BCUT2D eigenvalue weighted by molar-refractivity contribution is 5.76. The minimum absolute atomic E-state index is 0.0190. The molecule has 0 radical (unpaired) electrons. The first kappa shape index (κ1) is 19.2. The number of carbonyl (C=O) groups excluding carboxylic acids is 1. The quantitative estimate of drug-likeness (QED) is 0.834. The largest absolute Gasteiger partial charge is 0.389 e. The number of nitrogens with zero attached hydrogens (tertiary/aromatic N) is 1. The monoisotopic (exact) mass is 366 g/mol. The summed E-state index contributed by atoms with van der Waals surface area (Å²) in [5.41, 5.74) is 0.604. The molecule has 2 heterocycles. The van der Waals surface area contributed by atoms with Crippen molar-refractivity contribution in [1.29, 1.82) is 0 Å². The van der Waals surface area contributed by atoms with Crippen molar-refractivity contribution in [3.63, 3.8) is 0 Å². The van der Waals surface area contributed by atoms with Gasteiger partial charge in [0.15, 0.2) is 0 Å². The summed E-state index contributed by atoms with van der Waals surface area (Å²) >= 11 is 0. The van der Waals surface area contributed by atoms with Crippen LogP contribution < -0.4 is 5.32 Å². The van der Waals surface area contributed by atoms with Crippen LogP contribution in [0.3, 0.4) is 0 Å². The summed E-state index contributed by atoms with van der Waals surface area (Å²) in [5, 5.41) is 12.8. The van der Waals surface area contributed by atoms with E-state index in [0.717, 1.165) is 12.8 Å². The Morgan fingerprint density at radius 2 is 2.15 bits per heavy atom. The Morgan fingerprint density at radius 1 is 1.35 bits per heavy atom. The van der Waals surface area contributed by atoms with Crippen LogP contribution in [0.2, 0.25) is 0 Å². The molecule has 1 amide bonds. The number of nitrogens with one attached hydrogen (secondary N) is 1. The first-order valence-corrected chi connectivity index (χ1v) is 9.16. The van der Waals surface area contributed by atoms with Gasteiger partial charge in [0.05, 0.1) is 37.9 Å². The van der Waals surface area contributed by atoms with Gasteiger partial charge >= 0.3 is 0 Å². The number of β-amino-alcohol motifs (C(OH)–C–C–N with tert-alkyl or cyclic N) is 1. The van der Waals surface area contributed by atoms with Crippen LogP contribution in [0.25, 0.3) is 0 Å². The van der Waals surface area contributed by atoms with Crippen molar-refractivity contribution in [2.75, 3.05) is 26.8 Å². The molecule has 2 aliphatic heterocycles. The molecule has 4 atom stereocenters. The number of rotatable bonds is 4. The second kappa shape index (κ2) is 8.90. The van der Waals surface area contributed by atoms with Gasteiger partial charge in [0.2, 0.25) is 5.91 Å². The number of amides is 1. The summed E-state index contributed by atoms with van der Waals surface area (Å²) in [6.45, 7) is 1.40. The molecule has 0 bridgehead atoms. The van der Waals surface area contributed by atoms with E-state index in [-0.39, 0.29) is 36.6 Å². The topological polar surface area (TPSA) is 71.0 Å². The van der Waals surface area contributed by atoms with Gasteiger partial charge in [-0.15, -0.1) is 0 Å². The van der Waals surface area contributed by atoms with Crippen molar-refractivity contribution in [3.05, 3.63) is 35.6 Å². The van der Waals surface area contributed by atoms with Crippen molar-refractivity contribution >= 4 is 5.91 Å². The maximum absolute atomic E-state index is 14.1. The number of halogens is 1. The molecule has 26 heavy (non-hydrogen) atoms. The van der Waals surface area contributed by atoms with Crippen molar-refractivity contribution < 1.29 is 23.8 Å². The van der Waals surface area contributed by atoms with Gasteiger partial charge in [-0.1, -0.05) is 18.2 Å². The van der Waals surface area contributed by atoms with Gasteiger partial charge in [-0.2, -0.15) is 0 Å². The van der Waals surface area contributed by atoms with Crippen molar-refractivity contribution in [3.8, 4) is 0 Å². The Bertz CT molecular complexity index is 615. The lowest BCUT2D eigenvalue weighted by atomic mass is 9.94. The number of aliphatic hydroxyl groups is 1. The van der Waals surface area contributed by atoms with E-state index in [1.165, 1.54) is 6.07 Å². The molecule has 0 spiro atoms. The average Bonchev–Trinajstić information content (AvgIpc) is 2.62. The molecule has 2 fully saturated rings. The fourth-order valence-electron chi connectivity index (χ4n) is 3.78. The van der Waals surface area contributed by atoms with Crippen molar-refractivity contribution in [1.82, 2.24) is 10.2 Å². The molecule has 0 unspecified atom stereocenters. The Kier molecular flexibility index (Phi) is 6.58. The number of carbonyl (C=O) groups is 1. The van der Waals surface area contributed by atoms with Crippen LogP contribution >= 0.6 is 0 Å². The molecule has 2 saturated heterocycles. The third kappa shape index (κ3) is 4.79. The standard InChI is InChI=1S/C19H27FN2O4/c1-21-19(24)8-15-6-7-17-18(26-15)12-25-11-14(23)10-22(17)9-13-4-2-3-5-16(13)20/h2-5,14-15,17-18,23H,6-12H2,1H3,(H,21,24)/t14-,15+,17+,18-/m0/s1. The molecule has 3 rings (SSSR count). The average molecular weight is 366 g/mol. The molecule has 6 nitrogen and oxygen atoms in total. The molecule has 2 N–H and O–H groups in total. The van der Waals surface area contributed by atoms with Crippen LogP contribution in [0.4, 0.5) is 4.39 Å². The van der Waals surface area contributed by atoms with Crippen LogP contribution in [0.15, 0.2) is 24.3 Å². The highest BCUT2D eigenvalue weighted by Gasteiger charge is 2.38. The van der Waals surface area contributed by atoms with Crippen molar-refractivity contribution in [2.24, 2.45) is 0 Å². The van der Waals surface area contributed by atoms with E-state index in [1.807, 2.05) is 6.07 Å². The molecule has 1 aromatic carbocycles. The summed E-state index contributed by atoms with van der Waals surface area (Å²) < 4.78 is 25.8. The SMILES string of the molecule is CNC(=O)C[C@H]1CC[C@@H]2[C@H](COC[C@@H](O)CN2Cc2ccccc2F)O1. The second-order valence-corrected chi connectivity index (χ2v) is 7.03. The smallest absolute Gasteiger partial charge is 0.222 e. The van der Waals surface area contributed by atoms with E-state index < -0.39 is 6.10 Å². The van der Waals surface area contributed by atoms with Gasteiger partial charge < -0.3 is 19.9 Å². The van der Waals surface area contributed by atoms with Crippen LogP contribution in [0.1, 0.15) is 24.8 Å². The van der Waals surface area contributed by atoms with Gasteiger partial charge in [0, 0.05) is 31.7 Å². The Morgan fingerprint density at radius 3 is 2.92 bits per heavy atom. The molecule has 0 saturated carbocycles. The molecule has 7 heteroatoms. The fourth-order valence-corrected chi connectivity index (χ4v) is 3.78. The van der Waals surface area contributed by atoms with E-state index in [2.05, 4.69) is 10.2 Å². The zero-order valence-electron chi connectivity index (χ0n) is 15.1. The van der Waals surface area contributed by atoms with Gasteiger partial charge in [0.1, 0.15) is 5.82 Å². The van der Waals surface area contributed by atoms with E-state index in [1.54, 1.807) is 19.2 Å². The lowest BCUT2D eigenvalue weighted by Gasteiger charge is -2.44. The third-order valence-electron chi connectivity index (χ3n) is 5.11. The fraction of sp³-hybridized carbons (Fsp3) is 0.632. The molecular formula is C19H27FN2O4. The van der Waals surface area contributed by atoms with Crippen molar-refractivity contribution in [2.45, 2.75) is 50.2 Å². The zero-order chi connectivity index (χ0) is 18.5. The minimum Gasteiger partial charge on any atom is -0.389 e. The first-order valence-electron chi connectivity index (χ1n) is 9.16. The van der Waals surface area contributed by atoms with E-state index in [4.69, 9.17) is 9.47 Å². The van der Waals surface area contributed by atoms with Crippen LogP contribution in [0, 0.1) is 5.82 Å². The molecule has 144 valence electrons. The third-order valence-corrected chi connectivity index (χ3v) is 5.11. The maximum Gasteiger partial charge on any atom is 0.222 e. The first-order chi connectivity index (χ1) is 12.6. The van der Waals surface area contributed by atoms with Gasteiger partial charge in [-0.25, -0.2) is 4.39 Å². The lowest BCUT2D eigenvalue weighted by Crippen LogP contribution is -2.55. The van der Waals surface area contributed by atoms with E-state index in [9.17, 15) is 14.3 Å². The summed E-state index contributed by atoms with van der Waals surface area (Å²) in [6.07, 6.45) is 0.939. The second-order valence-electron chi connectivity index (χ2n) is 7.03.